The molecule has 49 heavy (non-hydrogen) atoms. The van der Waals surface area contributed by atoms with E-state index in [2.05, 4.69) is 92.0 Å². The second-order valence-corrected chi connectivity index (χ2v) is 14.1. The Morgan fingerprint density at radius 2 is 1.51 bits per heavy atom. The van der Waals surface area contributed by atoms with Gasteiger partial charge in [-0.05, 0) is 55.2 Å². The van der Waals surface area contributed by atoms with Crippen LogP contribution >= 0.6 is 0 Å². The average Bonchev–Trinajstić information content (AvgIpc) is 3.46. The molecule has 0 fully saturated rings. The van der Waals surface area contributed by atoms with Gasteiger partial charge in [0, 0.05) is 55.5 Å². The zero-order chi connectivity index (χ0) is 35.0. The number of ketones is 1. The van der Waals surface area contributed by atoms with E-state index >= 15 is 0 Å². The Morgan fingerprint density at radius 1 is 0.878 bits per heavy atom. The van der Waals surface area contributed by atoms with Crippen LogP contribution in [0.15, 0.2) is 77.3 Å². The van der Waals surface area contributed by atoms with E-state index in [0.29, 0.717) is 5.92 Å². The van der Waals surface area contributed by atoms with Crippen LogP contribution in [0.2, 0.25) is 0 Å². The first-order valence-corrected chi connectivity index (χ1v) is 17.5. The Kier molecular flexibility index (Phi) is 14.5. The van der Waals surface area contributed by atoms with Crippen molar-refractivity contribution >= 4 is 27.5 Å². The molecule has 6 nitrogen and oxygen atoms in total. The van der Waals surface area contributed by atoms with Crippen molar-refractivity contribution in [2.45, 2.75) is 99.8 Å². The Bertz CT molecular complexity index is 1860. The number of carbonyl (C=O) groups is 1. The molecule has 7 heteroatoms. The summed E-state index contributed by atoms with van der Waals surface area (Å²) in [7, 11) is 0. The monoisotopic (exact) mass is 839 g/mol. The smallest absolute Gasteiger partial charge is 0.162 e. The van der Waals surface area contributed by atoms with Crippen LogP contribution in [0.4, 0.5) is 0 Å². The molecular formula is C42H52IrN3O3-. The van der Waals surface area contributed by atoms with Crippen LogP contribution in [0.5, 0.6) is 0 Å². The summed E-state index contributed by atoms with van der Waals surface area (Å²) in [5.74, 6) is 2.08. The SMILES string of the molecule is CC(C)Cc1cc2cc(-c3cc(-c4[c-]c5ccccc5c(C(C)(C)C)c4)ncn3)ncc2o1.CCC(CC)C(=O)/C=C(\O)C(CC)CC.[Ir]. The molecule has 3 heterocycles. The van der Waals surface area contributed by atoms with Crippen molar-refractivity contribution in [2.24, 2.45) is 17.8 Å². The normalized spacial score (nSPS) is 12.0. The van der Waals surface area contributed by atoms with Crippen LogP contribution in [-0.2, 0) is 36.7 Å². The van der Waals surface area contributed by atoms with Crippen molar-refractivity contribution in [2.75, 3.05) is 0 Å². The van der Waals surface area contributed by atoms with Gasteiger partial charge < -0.3 is 9.52 Å². The Balaban J connectivity index is 0.000000347. The molecule has 5 aromatic rings. The van der Waals surface area contributed by atoms with Crippen molar-refractivity contribution in [1.82, 2.24) is 15.0 Å². The molecule has 0 aliphatic rings. The Labute approximate surface area is 306 Å². The predicted molar refractivity (Wildman–Crippen MR) is 198 cm³/mol. The summed E-state index contributed by atoms with van der Waals surface area (Å²) in [6, 6.07) is 20.3. The molecule has 0 unspecified atom stereocenters. The minimum atomic E-state index is 0. The minimum absolute atomic E-state index is 0. The number of aliphatic hydroxyl groups is 1. The molecule has 0 saturated heterocycles. The molecule has 0 atom stereocenters. The molecule has 263 valence electrons. The fourth-order valence-corrected chi connectivity index (χ4v) is 6.06. The molecular weight excluding hydrogens is 787 g/mol. The number of hydrogen-bond donors (Lipinski definition) is 1. The molecule has 2 aromatic carbocycles. The fraction of sp³-hybridized carbons (Fsp3) is 0.429. The van der Waals surface area contributed by atoms with E-state index in [4.69, 9.17) is 4.42 Å². The third-order valence-electron chi connectivity index (χ3n) is 8.94. The summed E-state index contributed by atoms with van der Waals surface area (Å²) < 4.78 is 5.95. The average molecular weight is 839 g/mol. The molecule has 5 rings (SSSR count). The minimum Gasteiger partial charge on any atom is -0.512 e. The first-order chi connectivity index (χ1) is 22.9. The maximum Gasteiger partial charge on any atom is 0.162 e. The number of benzene rings is 2. The number of aliphatic hydroxyl groups excluding tert-OH is 1. The molecule has 0 aliphatic carbocycles. The molecule has 1 N–H and O–H groups in total. The van der Waals surface area contributed by atoms with Crippen molar-refractivity contribution in [3.05, 3.63) is 90.3 Å². The summed E-state index contributed by atoms with van der Waals surface area (Å²) in [6.07, 6.45) is 9.21. The maximum absolute atomic E-state index is 11.7. The maximum atomic E-state index is 11.7. The van der Waals surface area contributed by atoms with Crippen molar-refractivity contribution in [3.63, 3.8) is 0 Å². The quantitative estimate of drug-likeness (QED) is 0.0810. The van der Waals surface area contributed by atoms with E-state index in [0.717, 1.165) is 76.9 Å². The molecule has 0 spiro atoms. The van der Waals surface area contributed by atoms with Gasteiger partial charge in [0.1, 0.15) is 12.1 Å². The van der Waals surface area contributed by atoms with Gasteiger partial charge in [-0.2, -0.15) is 0 Å². The molecule has 0 bridgehead atoms. The van der Waals surface area contributed by atoms with Crippen LogP contribution in [0.25, 0.3) is 44.4 Å². The van der Waals surface area contributed by atoms with Gasteiger partial charge in [-0.3, -0.25) is 14.8 Å². The van der Waals surface area contributed by atoms with Gasteiger partial charge in [-0.1, -0.05) is 91.5 Å². The van der Waals surface area contributed by atoms with Crippen LogP contribution in [0, 0.1) is 23.8 Å². The van der Waals surface area contributed by atoms with Gasteiger partial charge in [-0.25, -0.2) is 4.98 Å². The summed E-state index contributed by atoms with van der Waals surface area (Å²) in [6.45, 7) is 19.2. The van der Waals surface area contributed by atoms with Crippen LogP contribution in [-0.4, -0.2) is 25.8 Å². The molecule has 0 aliphatic heterocycles. The van der Waals surface area contributed by atoms with Gasteiger partial charge >= 0.3 is 0 Å². The van der Waals surface area contributed by atoms with E-state index in [-0.39, 0.29) is 48.9 Å². The number of pyridine rings is 1. The number of furan rings is 1. The summed E-state index contributed by atoms with van der Waals surface area (Å²) >= 11 is 0. The zero-order valence-electron chi connectivity index (χ0n) is 30.6. The van der Waals surface area contributed by atoms with Crippen molar-refractivity contribution < 1.29 is 34.4 Å². The second kappa shape index (κ2) is 17.8. The summed E-state index contributed by atoms with van der Waals surface area (Å²) in [5, 5.41) is 13.1. The standard InChI is InChI=1S/C29H28N3O.C13H24O2.Ir/c1-18(2)10-22-12-21-14-26(30-16-28(21)33-22)27-15-25(31-17-32-27)20-11-19-8-6-7-9-23(19)24(13-20)29(3,4)5;1-5-10(6-2)12(14)9-13(15)11(7-3)8-4;/h6-9,12-18H,10H2,1-5H3;9-11,14H,5-8H2,1-4H3;/q-1;;/b;12-9-;. The topological polar surface area (TPSA) is 89.1 Å². The van der Waals surface area contributed by atoms with Crippen molar-refractivity contribution in [1.29, 1.82) is 0 Å². The van der Waals surface area contributed by atoms with Gasteiger partial charge in [-0.15, -0.1) is 29.1 Å². The van der Waals surface area contributed by atoms with E-state index < -0.39 is 0 Å². The summed E-state index contributed by atoms with van der Waals surface area (Å²) in [5.41, 5.74) is 5.48. The Morgan fingerprint density at radius 3 is 2.14 bits per heavy atom. The van der Waals surface area contributed by atoms with E-state index in [1.165, 1.54) is 17.0 Å². The van der Waals surface area contributed by atoms with Gasteiger partial charge in [0.05, 0.1) is 23.3 Å². The van der Waals surface area contributed by atoms with E-state index in [1.54, 1.807) is 12.5 Å². The largest absolute Gasteiger partial charge is 0.512 e. The molecule has 0 amide bonds. The molecule has 0 saturated carbocycles. The summed E-state index contributed by atoms with van der Waals surface area (Å²) in [4.78, 5) is 25.4. The number of fused-ring (bicyclic) bond motifs is 2. The van der Waals surface area contributed by atoms with E-state index in [1.807, 2.05) is 39.8 Å². The third kappa shape index (κ3) is 10.2. The van der Waals surface area contributed by atoms with Crippen LogP contribution in [0.1, 0.15) is 99.3 Å². The van der Waals surface area contributed by atoms with Crippen LogP contribution < -0.4 is 0 Å². The number of hydrogen-bond acceptors (Lipinski definition) is 6. The van der Waals surface area contributed by atoms with Gasteiger partial charge in [0.2, 0.25) is 0 Å². The second-order valence-electron chi connectivity index (χ2n) is 14.1. The number of allylic oxidation sites excluding steroid dienone is 2. The predicted octanol–water partition coefficient (Wildman–Crippen LogP) is 11.3. The Hall–Kier alpha value is -3.67. The molecule has 3 aromatic heterocycles. The fourth-order valence-electron chi connectivity index (χ4n) is 6.06. The van der Waals surface area contributed by atoms with E-state index in [9.17, 15) is 9.90 Å². The van der Waals surface area contributed by atoms with Gasteiger partial charge in [0.15, 0.2) is 11.4 Å². The first-order valence-electron chi connectivity index (χ1n) is 17.5. The number of aromatic nitrogens is 3. The number of rotatable bonds is 11. The molecule has 1 radical (unpaired) electrons. The van der Waals surface area contributed by atoms with Crippen molar-refractivity contribution in [3.8, 4) is 22.6 Å². The van der Waals surface area contributed by atoms with Gasteiger partial charge in [0.25, 0.3) is 0 Å². The number of carbonyl (C=O) groups excluding carboxylic acids is 1. The zero-order valence-corrected chi connectivity index (χ0v) is 33.0. The number of nitrogens with zero attached hydrogens (tertiary/aromatic N) is 3. The first kappa shape index (κ1) is 39.8. The third-order valence-corrected chi connectivity index (χ3v) is 8.94. The van der Waals surface area contributed by atoms with Crippen LogP contribution in [0.3, 0.4) is 0 Å².